The zero-order valence-corrected chi connectivity index (χ0v) is 17.7. The fourth-order valence-electron chi connectivity index (χ4n) is 3.55. The van der Waals surface area contributed by atoms with Gasteiger partial charge in [0.25, 0.3) is 0 Å². The number of carbonyl (C=O) groups is 1. The molecule has 4 N–H and O–H groups in total. The van der Waals surface area contributed by atoms with Gasteiger partial charge in [0.2, 0.25) is 6.29 Å². The second-order valence-electron chi connectivity index (χ2n) is 7.57. The highest BCUT2D eigenvalue weighted by molar-refractivity contribution is 5.87. The van der Waals surface area contributed by atoms with Gasteiger partial charge in [-0.3, -0.25) is 4.79 Å². The molecule has 0 saturated carbocycles. The largest absolute Gasteiger partial charge is 0.507 e. The van der Waals surface area contributed by atoms with Gasteiger partial charge in [-0.15, -0.1) is 0 Å². The van der Waals surface area contributed by atoms with Crippen LogP contribution in [0.5, 0.6) is 11.5 Å². The van der Waals surface area contributed by atoms with Gasteiger partial charge in [-0.2, -0.15) is 0 Å². The Morgan fingerprint density at radius 3 is 2.59 bits per heavy atom. The Kier molecular flexibility index (Phi) is 6.94. The number of ether oxygens (including phenoxy) is 3. The first-order valence-electron chi connectivity index (χ1n) is 10.3. The van der Waals surface area contributed by atoms with Crippen molar-refractivity contribution in [3.63, 3.8) is 0 Å². The molecule has 0 amide bonds. The normalized spacial score (nSPS) is 24.9. The minimum Gasteiger partial charge on any atom is -0.507 e. The predicted molar refractivity (Wildman–Crippen MR) is 118 cm³/mol. The van der Waals surface area contributed by atoms with Crippen LogP contribution in [0.4, 0.5) is 0 Å². The average Bonchev–Trinajstić information content (AvgIpc) is 2.83. The first-order chi connectivity index (χ1) is 16.4. The summed E-state index contributed by atoms with van der Waals surface area (Å²) in [5.74, 6) is -1.30. The van der Waals surface area contributed by atoms with E-state index in [1.807, 2.05) is 6.07 Å². The van der Waals surface area contributed by atoms with Gasteiger partial charge in [-0.1, -0.05) is 30.3 Å². The van der Waals surface area contributed by atoms with Crippen LogP contribution in [0, 0.1) is 0 Å². The molecule has 3 aromatic rings. The molecule has 0 unspecified atom stereocenters. The van der Waals surface area contributed by atoms with Gasteiger partial charge in [-0.05, 0) is 11.6 Å². The molecule has 2 aromatic carbocycles. The summed E-state index contributed by atoms with van der Waals surface area (Å²) in [5, 5.41) is 40.5. The van der Waals surface area contributed by atoms with E-state index < -0.39 is 54.5 Å². The van der Waals surface area contributed by atoms with Crippen LogP contribution in [0.3, 0.4) is 0 Å². The number of rotatable bonds is 6. The van der Waals surface area contributed by atoms with Crippen LogP contribution >= 0.6 is 0 Å². The van der Waals surface area contributed by atoms with Crippen molar-refractivity contribution in [1.82, 2.24) is 0 Å². The van der Waals surface area contributed by atoms with E-state index in [1.54, 1.807) is 24.3 Å². The fraction of sp³-hybridized carbons (Fsp3) is 0.250. The van der Waals surface area contributed by atoms with Crippen molar-refractivity contribution in [2.75, 3.05) is 6.61 Å². The van der Waals surface area contributed by atoms with E-state index in [1.165, 1.54) is 12.1 Å². The number of carbonyl (C=O) groups excluding carboxylic acids is 1. The third kappa shape index (κ3) is 4.95. The standard InChI is InChI=1S/C24H22O10/c25-12-18-21(29)22(30)23(34-19(28)7-6-13-4-2-1-3-5-13)24(33-18)32-14-10-16(27)20-15(26)8-9-31-17(20)11-14/h1-11,18,21-25,27,29-30H,12H2/t18-,21-,22+,23-,24-/m1/s1. The molecular formula is C24H22O10. The highest BCUT2D eigenvalue weighted by atomic mass is 16.7. The average molecular weight is 470 g/mol. The van der Waals surface area contributed by atoms with Crippen LogP contribution in [0.1, 0.15) is 5.56 Å². The summed E-state index contributed by atoms with van der Waals surface area (Å²) in [6, 6.07) is 12.5. The van der Waals surface area contributed by atoms with Gasteiger partial charge in [0.05, 0.1) is 12.9 Å². The summed E-state index contributed by atoms with van der Waals surface area (Å²) < 4.78 is 21.8. The number of aliphatic hydroxyl groups is 3. The van der Waals surface area contributed by atoms with E-state index in [4.69, 9.17) is 18.6 Å². The molecular weight excluding hydrogens is 448 g/mol. The molecule has 178 valence electrons. The Morgan fingerprint density at radius 1 is 1.09 bits per heavy atom. The summed E-state index contributed by atoms with van der Waals surface area (Å²) in [5.41, 5.74) is 0.299. The minimum atomic E-state index is -1.66. The van der Waals surface area contributed by atoms with Crippen LogP contribution in [0.2, 0.25) is 0 Å². The molecule has 1 saturated heterocycles. The molecule has 5 atom stereocenters. The number of benzene rings is 2. The summed E-state index contributed by atoms with van der Waals surface area (Å²) >= 11 is 0. The number of esters is 1. The summed E-state index contributed by atoms with van der Waals surface area (Å²) in [4.78, 5) is 24.4. The van der Waals surface area contributed by atoms with E-state index in [0.717, 1.165) is 30.0 Å². The van der Waals surface area contributed by atoms with Gasteiger partial charge < -0.3 is 39.1 Å². The molecule has 0 radical (unpaired) electrons. The maximum atomic E-state index is 12.4. The monoisotopic (exact) mass is 470 g/mol. The van der Waals surface area contributed by atoms with Crippen LogP contribution in [-0.4, -0.2) is 63.7 Å². The zero-order chi connectivity index (χ0) is 24.2. The number of aliphatic hydroxyl groups excluding tert-OH is 3. The molecule has 1 aliphatic rings. The van der Waals surface area contributed by atoms with Crippen LogP contribution in [0.15, 0.2) is 70.1 Å². The van der Waals surface area contributed by atoms with Gasteiger partial charge >= 0.3 is 5.97 Å². The van der Waals surface area contributed by atoms with Crippen molar-refractivity contribution in [2.24, 2.45) is 0 Å². The maximum absolute atomic E-state index is 12.4. The van der Waals surface area contributed by atoms with E-state index >= 15 is 0 Å². The van der Waals surface area contributed by atoms with Crippen molar-refractivity contribution >= 4 is 23.0 Å². The summed E-state index contributed by atoms with van der Waals surface area (Å²) in [7, 11) is 0. The van der Waals surface area contributed by atoms with Crippen LogP contribution in [0.25, 0.3) is 17.0 Å². The summed E-state index contributed by atoms with van der Waals surface area (Å²) in [6.07, 6.45) is -3.63. The van der Waals surface area contributed by atoms with E-state index in [0.29, 0.717) is 0 Å². The topological polar surface area (TPSA) is 156 Å². The first kappa shape index (κ1) is 23.5. The van der Waals surface area contributed by atoms with Crippen LogP contribution < -0.4 is 10.2 Å². The van der Waals surface area contributed by atoms with Gasteiger partial charge in [-0.25, -0.2) is 4.79 Å². The second-order valence-corrected chi connectivity index (χ2v) is 7.57. The van der Waals surface area contributed by atoms with E-state index in [-0.39, 0.29) is 16.7 Å². The molecule has 10 heteroatoms. The molecule has 1 fully saturated rings. The Balaban J connectivity index is 1.58. The Morgan fingerprint density at radius 2 is 1.85 bits per heavy atom. The lowest BCUT2D eigenvalue weighted by Gasteiger charge is -2.41. The number of hydrogen-bond donors (Lipinski definition) is 4. The smallest absolute Gasteiger partial charge is 0.331 e. The molecule has 0 bridgehead atoms. The maximum Gasteiger partial charge on any atom is 0.331 e. The second kappa shape index (κ2) is 10.1. The molecule has 2 heterocycles. The lowest BCUT2D eigenvalue weighted by atomic mass is 9.99. The number of fused-ring (bicyclic) bond motifs is 1. The quantitative estimate of drug-likeness (QED) is 0.302. The fourth-order valence-corrected chi connectivity index (χ4v) is 3.55. The molecule has 1 aromatic heterocycles. The summed E-state index contributed by atoms with van der Waals surface area (Å²) in [6.45, 7) is -0.648. The number of aromatic hydroxyl groups is 1. The Bertz CT molecular complexity index is 1240. The number of phenols is 1. The van der Waals surface area contributed by atoms with Crippen molar-refractivity contribution < 1.29 is 43.8 Å². The van der Waals surface area contributed by atoms with E-state index in [2.05, 4.69) is 0 Å². The lowest BCUT2D eigenvalue weighted by molar-refractivity contribution is -0.281. The minimum absolute atomic E-state index is 0.0249. The third-order valence-electron chi connectivity index (χ3n) is 5.26. The van der Waals surface area contributed by atoms with Gasteiger partial charge in [0.15, 0.2) is 11.5 Å². The molecule has 4 rings (SSSR count). The van der Waals surface area contributed by atoms with Crippen LogP contribution in [-0.2, 0) is 14.3 Å². The number of hydrogen-bond acceptors (Lipinski definition) is 10. The number of phenolic OH excluding ortho intramolecular Hbond substituents is 1. The molecule has 0 aliphatic carbocycles. The van der Waals surface area contributed by atoms with Crippen molar-refractivity contribution in [3.05, 3.63) is 76.7 Å². The molecule has 10 nitrogen and oxygen atoms in total. The van der Waals surface area contributed by atoms with Crippen molar-refractivity contribution in [1.29, 1.82) is 0 Å². The molecule has 1 aliphatic heterocycles. The molecule has 0 spiro atoms. The van der Waals surface area contributed by atoms with Crippen molar-refractivity contribution in [3.8, 4) is 11.5 Å². The third-order valence-corrected chi connectivity index (χ3v) is 5.26. The Labute approximate surface area is 192 Å². The first-order valence-corrected chi connectivity index (χ1v) is 10.3. The highest BCUT2D eigenvalue weighted by Crippen LogP contribution is 2.31. The molecule has 34 heavy (non-hydrogen) atoms. The predicted octanol–water partition coefficient (Wildman–Crippen LogP) is 0.942. The van der Waals surface area contributed by atoms with Gasteiger partial charge in [0.1, 0.15) is 40.8 Å². The highest BCUT2D eigenvalue weighted by Gasteiger charge is 2.47. The SMILES string of the molecule is O=C(C=Cc1ccccc1)O[C@H]1[C@H](Oc2cc(O)c3c(=O)ccoc3c2)O[C@H](CO)[C@@H](O)[C@@H]1O. The zero-order valence-electron chi connectivity index (χ0n) is 17.7. The Hall–Kier alpha value is -3.70. The van der Waals surface area contributed by atoms with Crippen molar-refractivity contribution in [2.45, 2.75) is 30.7 Å². The van der Waals surface area contributed by atoms with Gasteiger partial charge in [0, 0.05) is 24.3 Å². The lowest BCUT2D eigenvalue weighted by Crippen LogP contribution is -2.61. The van der Waals surface area contributed by atoms with E-state index in [9.17, 15) is 30.0 Å².